The van der Waals surface area contributed by atoms with Crippen LogP contribution in [0.25, 0.3) is 0 Å². The number of urea groups is 1. The molecule has 4 heteroatoms. The highest BCUT2D eigenvalue weighted by atomic mass is 16.2. The van der Waals surface area contributed by atoms with E-state index in [2.05, 4.69) is 10.6 Å². The Balaban J connectivity index is 1.84. The van der Waals surface area contributed by atoms with Crippen molar-refractivity contribution in [3.05, 3.63) is 29.8 Å². The number of amides is 2. The Kier molecular flexibility index (Phi) is 4.66. The van der Waals surface area contributed by atoms with Gasteiger partial charge in [-0.25, -0.2) is 4.79 Å². The Morgan fingerprint density at radius 2 is 2.05 bits per heavy atom. The third kappa shape index (κ3) is 4.16. The van der Waals surface area contributed by atoms with Gasteiger partial charge in [0.1, 0.15) is 0 Å². The largest absolute Gasteiger partial charge is 0.399 e. The van der Waals surface area contributed by atoms with Gasteiger partial charge in [0.05, 0.1) is 6.04 Å². The van der Waals surface area contributed by atoms with Crippen LogP contribution in [0.4, 0.5) is 10.5 Å². The number of anilines is 1. The zero-order chi connectivity index (χ0) is 13.7. The first-order chi connectivity index (χ1) is 9.15. The van der Waals surface area contributed by atoms with Crippen LogP contribution in [0.3, 0.4) is 0 Å². The Bertz CT molecular complexity index is 427. The first kappa shape index (κ1) is 13.7. The molecule has 4 nitrogen and oxygen atoms in total. The zero-order valence-corrected chi connectivity index (χ0v) is 11.5. The third-order valence-corrected chi connectivity index (χ3v) is 3.70. The summed E-state index contributed by atoms with van der Waals surface area (Å²) in [4.78, 5) is 11.9. The summed E-state index contributed by atoms with van der Waals surface area (Å²) in [5, 5.41) is 6.02. The van der Waals surface area contributed by atoms with Gasteiger partial charge in [-0.2, -0.15) is 0 Å². The molecule has 0 aromatic heterocycles. The van der Waals surface area contributed by atoms with Crippen LogP contribution < -0.4 is 16.4 Å². The van der Waals surface area contributed by atoms with E-state index in [0.717, 1.165) is 24.1 Å². The monoisotopic (exact) mass is 261 g/mol. The molecule has 0 aliphatic heterocycles. The molecule has 0 bridgehead atoms. The van der Waals surface area contributed by atoms with Gasteiger partial charge in [0.15, 0.2) is 0 Å². The van der Waals surface area contributed by atoms with Crippen molar-refractivity contribution in [1.82, 2.24) is 10.6 Å². The van der Waals surface area contributed by atoms with Gasteiger partial charge in [-0.15, -0.1) is 0 Å². The van der Waals surface area contributed by atoms with E-state index in [1.807, 2.05) is 31.2 Å². The summed E-state index contributed by atoms with van der Waals surface area (Å²) in [6.45, 7) is 1.97. The van der Waals surface area contributed by atoms with E-state index in [-0.39, 0.29) is 12.1 Å². The van der Waals surface area contributed by atoms with Crippen LogP contribution in [0.15, 0.2) is 24.3 Å². The molecule has 1 aliphatic rings. The zero-order valence-electron chi connectivity index (χ0n) is 11.5. The van der Waals surface area contributed by atoms with Crippen molar-refractivity contribution >= 4 is 11.7 Å². The van der Waals surface area contributed by atoms with E-state index < -0.39 is 0 Å². The maximum atomic E-state index is 11.9. The lowest BCUT2D eigenvalue weighted by Gasteiger charge is -2.24. The average Bonchev–Trinajstić information content (AvgIpc) is 2.39. The summed E-state index contributed by atoms with van der Waals surface area (Å²) in [7, 11) is 0. The average molecular weight is 261 g/mol. The predicted octanol–water partition coefficient (Wildman–Crippen LogP) is 2.96. The second-order valence-electron chi connectivity index (χ2n) is 5.34. The molecule has 0 radical (unpaired) electrons. The topological polar surface area (TPSA) is 67.2 Å². The van der Waals surface area contributed by atoms with Crippen molar-refractivity contribution in [3.8, 4) is 0 Å². The van der Waals surface area contributed by atoms with E-state index in [0.29, 0.717) is 6.04 Å². The second-order valence-corrected chi connectivity index (χ2v) is 5.34. The van der Waals surface area contributed by atoms with Crippen molar-refractivity contribution in [2.45, 2.75) is 51.1 Å². The van der Waals surface area contributed by atoms with E-state index in [9.17, 15) is 4.79 Å². The summed E-state index contributed by atoms with van der Waals surface area (Å²) >= 11 is 0. The smallest absolute Gasteiger partial charge is 0.315 e. The lowest BCUT2D eigenvalue weighted by atomic mass is 9.96. The molecule has 19 heavy (non-hydrogen) atoms. The summed E-state index contributed by atoms with van der Waals surface area (Å²) in [6.07, 6.45) is 5.92. The Labute approximate surface area is 114 Å². The fourth-order valence-corrected chi connectivity index (χ4v) is 2.58. The number of carbonyl (C=O) groups is 1. The van der Waals surface area contributed by atoms with Gasteiger partial charge in [0.2, 0.25) is 0 Å². The first-order valence-electron chi connectivity index (χ1n) is 7.07. The van der Waals surface area contributed by atoms with Crippen LogP contribution in [0.5, 0.6) is 0 Å². The van der Waals surface area contributed by atoms with Gasteiger partial charge in [0, 0.05) is 11.7 Å². The fraction of sp³-hybridized carbons (Fsp3) is 0.533. The maximum absolute atomic E-state index is 11.9. The van der Waals surface area contributed by atoms with Gasteiger partial charge in [-0.05, 0) is 37.5 Å². The highest BCUT2D eigenvalue weighted by Crippen LogP contribution is 2.18. The van der Waals surface area contributed by atoms with Crippen LogP contribution >= 0.6 is 0 Å². The molecule has 4 N–H and O–H groups in total. The molecule has 1 atom stereocenters. The lowest BCUT2D eigenvalue weighted by molar-refractivity contribution is 0.229. The number of nitrogens with two attached hydrogens (primary N) is 1. The van der Waals surface area contributed by atoms with E-state index in [1.165, 1.54) is 19.3 Å². The van der Waals surface area contributed by atoms with E-state index in [4.69, 9.17) is 5.73 Å². The Morgan fingerprint density at radius 1 is 1.32 bits per heavy atom. The molecule has 2 amide bonds. The number of hydrogen-bond donors (Lipinski definition) is 3. The molecule has 1 fully saturated rings. The van der Waals surface area contributed by atoms with Crippen molar-refractivity contribution in [2.24, 2.45) is 0 Å². The minimum absolute atomic E-state index is 0.0351. The van der Waals surface area contributed by atoms with Crippen molar-refractivity contribution in [3.63, 3.8) is 0 Å². The van der Waals surface area contributed by atoms with Crippen molar-refractivity contribution in [2.75, 3.05) is 5.73 Å². The summed E-state index contributed by atoms with van der Waals surface area (Å²) in [6, 6.07) is 7.84. The van der Waals surface area contributed by atoms with Crippen LogP contribution in [0.2, 0.25) is 0 Å². The third-order valence-electron chi connectivity index (χ3n) is 3.70. The second kappa shape index (κ2) is 6.45. The van der Waals surface area contributed by atoms with E-state index in [1.54, 1.807) is 0 Å². The van der Waals surface area contributed by atoms with Gasteiger partial charge in [-0.1, -0.05) is 31.4 Å². The number of rotatable bonds is 3. The minimum atomic E-state index is -0.0816. The Morgan fingerprint density at radius 3 is 2.74 bits per heavy atom. The summed E-state index contributed by atoms with van der Waals surface area (Å²) in [5.74, 6) is 0. The summed E-state index contributed by atoms with van der Waals surface area (Å²) < 4.78 is 0. The van der Waals surface area contributed by atoms with Gasteiger partial charge in [0.25, 0.3) is 0 Å². The van der Waals surface area contributed by atoms with Gasteiger partial charge < -0.3 is 16.4 Å². The molecular weight excluding hydrogens is 238 g/mol. The molecular formula is C15H23N3O. The standard InChI is InChI=1S/C15H23N3O/c1-11(12-6-5-7-13(16)10-12)17-15(19)18-14-8-3-2-4-9-14/h5-7,10-11,14H,2-4,8-9,16H2,1H3,(H2,17,18,19). The van der Waals surface area contributed by atoms with Crippen molar-refractivity contribution < 1.29 is 4.79 Å². The highest BCUT2D eigenvalue weighted by molar-refractivity contribution is 5.74. The molecule has 1 unspecified atom stereocenters. The first-order valence-corrected chi connectivity index (χ1v) is 7.07. The van der Waals surface area contributed by atoms with Crippen LogP contribution in [-0.4, -0.2) is 12.1 Å². The van der Waals surface area contributed by atoms with Gasteiger partial charge in [-0.3, -0.25) is 0 Å². The molecule has 0 heterocycles. The van der Waals surface area contributed by atoms with Crippen LogP contribution in [0, 0.1) is 0 Å². The number of nitrogen functional groups attached to an aromatic ring is 1. The Hall–Kier alpha value is -1.71. The molecule has 1 aromatic rings. The molecule has 0 spiro atoms. The van der Waals surface area contributed by atoms with Crippen LogP contribution in [0.1, 0.15) is 50.6 Å². The van der Waals surface area contributed by atoms with E-state index >= 15 is 0 Å². The normalized spacial score (nSPS) is 17.7. The van der Waals surface area contributed by atoms with Crippen molar-refractivity contribution in [1.29, 1.82) is 0 Å². The number of hydrogen-bond acceptors (Lipinski definition) is 2. The molecule has 104 valence electrons. The SMILES string of the molecule is CC(NC(=O)NC1CCCCC1)c1cccc(N)c1. The molecule has 1 aromatic carbocycles. The molecule has 0 saturated heterocycles. The van der Waals surface area contributed by atoms with Crippen LogP contribution in [-0.2, 0) is 0 Å². The molecule has 1 saturated carbocycles. The molecule has 2 rings (SSSR count). The number of benzene rings is 1. The highest BCUT2D eigenvalue weighted by Gasteiger charge is 2.17. The number of nitrogens with one attached hydrogen (secondary N) is 2. The maximum Gasteiger partial charge on any atom is 0.315 e. The minimum Gasteiger partial charge on any atom is -0.399 e. The predicted molar refractivity (Wildman–Crippen MR) is 77.8 cm³/mol. The lowest BCUT2D eigenvalue weighted by Crippen LogP contribution is -2.43. The fourth-order valence-electron chi connectivity index (χ4n) is 2.58. The molecule has 1 aliphatic carbocycles. The van der Waals surface area contributed by atoms with Gasteiger partial charge >= 0.3 is 6.03 Å². The summed E-state index contributed by atoms with van der Waals surface area (Å²) in [5.41, 5.74) is 7.50. The number of carbonyl (C=O) groups excluding carboxylic acids is 1. The quantitative estimate of drug-likeness (QED) is 0.732.